The van der Waals surface area contributed by atoms with Crippen LogP contribution in [0.5, 0.6) is 0 Å². The van der Waals surface area contributed by atoms with Crippen LogP contribution in [0.2, 0.25) is 0 Å². The number of methoxy groups -OCH3 is 1. The second-order valence-corrected chi connectivity index (χ2v) is 4.61. The van der Waals surface area contributed by atoms with Crippen LogP contribution in [0.4, 0.5) is 0 Å². The summed E-state index contributed by atoms with van der Waals surface area (Å²) in [7, 11) is 1.37. The Kier molecular flexibility index (Phi) is 4.10. The zero-order valence-corrected chi connectivity index (χ0v) is 10.7. The van der Waals surface area contributed by atoms with Crippen LogP contribution in [0.25, 0.3) is 6.08 Å². The van der Waals surface area contributed by atoms with E-state index in [2.05, 4.69) is 28.0 Å². The number of carbonyl (C=O) groups is 1. The zero-order valence-electron chi connectivity index (χ0n) is 10.7. The van der Waals surface area contributed by atoms with Crippen molar-refractivity contribution in [3.63, 3.8) is 0 Å². The molecule has 96 valence electrons. The third-order valence-electron chi connectivity index (χ3n) is 3.17. The van der Waals surface area contributed by atoms with E-state index in [1.807, 2.05) is 6.20 Å². The van der Waals surface area contributed by atoms with Crippen molar-refractivity contribution >= 4 is 12.0 Å². The number of ether oxygens (including phenoxy) is 1. The van der Waals surface area contributed by atoms with Gasteiger partial charge < -0.3 is 10.1 Å². The van der Waals surface area contributed by atoms with Crippen molar-refractivity contribution in [1.29, 1.82) is 0 Å². The molecular formula is C14H18N2O2. The molecule has 0 aromatic carbocycles. The average molecular weight is 246 g/mol. The highest BCUT2D eigenvalue weighted by Gasteiger charge is 2.21. The fourth-order valence-corrected chi connectivity index (χ4v) is 2.18. The molecule has 2 atom stereocenters. The third-order valence-corrected chi connectivity index (χ3v) is 3.17. The number of nitrogens with zero attached hydrogens (tertiary/aromatic N) is 1. The second kappa shape index (κ2) is 5.78. The first-order chi connectivity index (χ1) is 8.69. The summed E-state index contributed by atoms with van der Waals surface area (Å²) in [6, 6.07) is 2.99. The van der Waals surface area contributed by atoms with Gasteiger partial charge in [-0.3, -0.25) is 4.98 Å². The van der Waals surface area contributed by atoms with Crippen molar-refractivity contribution in [3.05, 3.63) is 35.7 Å². The first kappa shape index (κ1) is 12.8. The van der Waals surface area contributed by atoms with Gasteiger partial charge in [-0.25, -0.2) is 4.79 Å². The molecule has 0 saturated carbocycles. The van der Waals surface area contributed by atoms with E-state index in [4.69, 9.17) is 0 Å². The minimum absolute atomic E-state index is 0.354. The molecule has 1 fully saturated rings. The van der Waals surface area contributed by atoms with E-state index in [1.54, 1.807) is 12.3 Å². The summed E-state index contributed by atoms with van der Waals surface area (Å²) in [6.07, 6.45) is 9.07. The van der Waals surface area contributed by atoms with Gasteiger partial charge in [-0.05, 0) is 43.0 Å². The van der Waals surface area contributed by atoms with Gasteiger partial charge in [0.1, 0.15) is 0 Å². The van der Waals surface area contributed by atoms with Crippen molar-refractivity contribution in [1.82, 2.24) is 10.3 Å². The van der Waals surface area contributed by atoms with Crippen LogP contribution in [0.1, 0.15) is 36.9 Å². The van der Waals surface area contributed by atoms with E-state index in [0.29, 0.717) is 12.1 Å². The van der Waals surface area contributed by atoms with E-state index in [1.165, 1.54) is 25.2 Å². The molecule has 1 N–H and O–H groups in total. The molecule has 1 aromatic heterocycles. The Labute approximate surface area is 107 Å². The van der Waals surface area contributed by atoms with Gasteiger partial charge in [0.05, 0.1) is 7.11 Å². The van der Waals surface area contributed by atoms with Crippen LogP contribution < -0.4 is 5.32 Å². The topological polar surface area (TPSA) is 51.2 Å². The Hall–Kier alpha value is -1.68. The van der Waals surface area contributed by atoms with Crippen molar-refractivity contribution in [2.75, 3.05) is 7.11 Å². The Bertz CT molecular complexity index is 457. The van der Waals surface area contributed by atoms with E-state index in [-0.39, 0.29) is 5.97 Å². The van der Waals surface area contributed by atoms with Gasteiger partial charge in [0.25, 0.3) is 0 Å². The largest absolute Gasteiger partial charge is 0.466 e. The van der Waals surface area contributed by atoms with Gasteiger partial charge in [-0.15, -0.1) is 0 Å². The van der Waals surface area contributed by atoms with Crippen LogP contribution in [-0.2, 0) is 9.53 Å². The molecule has 2 rings (SSSR count). The summed E-state index contributed by atoms with van der Waals surface area (Å²) in [6.45, 7) is 2.19. The lowest BCUT2D eigenvalue weighted by molar-refractivity contribution is -0.134. The third kappa shape index (κ3) is 3.17. The Morgan fingerprint density at radius 3 is 3.00 bits per heavy atom. The Balaban J connectivity index is 2.10. The maximum Gasteiger partial charge on any atom is 0.330 e. The number of esters is 1. The van der Waals surface area contributed by atoms with Gasteiger partial charge in [0.2, 0.25) is 0 Å². The van der Waals surface area contributed by atoms with Gasteiger partial charge in [0.15, 0.2) is 0 Å². The van der Waals surface area contributed by atoms with E-state index in [9.17, 15) is 4.79 Å². The molecule has 4 heteroatoms. The molecule has 0 spiro atoms. The van der Waals surface area contributed by atoms with Crippen LogP contribution >= 0.6 is 0 Å². The number of carbonyl (C=O) groups excluding carboxylic acids is 1. The molecular weight excluding hydrogens is 228 g/mol. The monoisotopic (exact) mass is 246 g/mol. The number of nitrogens with one attached hydrogen (secondary N) is 1. The highest BCUT2D eigenvalue weighted by atomic mass is 16.5. The lowest BCUT2D eigenvalue weighted by Crippen LogP contribution is -2.20. The summed E-state index contributed by atoms with van der Waals surface area (Å²) in [4.78, 5) is 15.2. The van der Waals surface area contributed by atoms with Gasteiger partial charge in [0, 0.05) is 30.6 Å². The van der Waals surface area contributed by atoms with Crippen LogP contribution in [0.3, 0.4) is 0 Å². The summed E-state index contributed by atoms with van der Waals surface area (Å²) >= 11 is 0. The predicted octanol–water partition coefficient (Wildman–Crippen LogP) is 2.08. The van der Waals surface area contributed by atoms with Crippen LogP contribution in [0.15, 0.2) is 24.5 Å². The smallest absolute Gasteiger partial charge is 0.330 e. The SMILES string of the molecule is COC(=O)C=Cc1cncc(C2CCC(C)N2)c1. The number of hydrogen-bond donors (Lipinski definition) is 1. The number of aromatic nitrogens is 1. The van der Waals surface area contributed by atoms with Gasteiger partial charge in [-0.2, -0.15) is 0 Å². The van der Waals surface area contributed by atoms with E-state index in [0.717, 1.165) is 12.0 Å². The molecule has 1 aliphatic heterocycles. The number of hydrogen-bond acceptors (Lipinski definition) is 4. The van der Waals surface area contributed by atoms with Crippen molar-refractivity contribution in [2.24, 2.45) is 0 Å². The summed E-state index contributed by atoms with van der Waals surface area (Å²) < 4.78 is 4.56. The molecule has 2 unspecified atom stereocenters. The summed E-state index contributed by atoms with van der Waals surface area (Å²) in [5.41, 5.74) is 2.09. The molecule has 0 aliphatic carbocycles. The maximum absolute atomic E-state index is 11.0. The molecule has 0 amide bonds. The number of pyridine rings is 1. The second-order valence-electron chi connectivity index (χ2n) is 4.61. The van der Waals surface area contributed by atoms with Crippen molar-refractivity contribution in [3.8, 4) is 0 Å². The van der Waals surface area contributed by atoms with Crippen LogP contribution in [0, 0.1) is 0 Å². The van der Waals surface area contributed by atoms with Crippen molar-refractivity contribution in [2.45, 2.75) is 31.8 Å². The fourth-order valence-electron chi connectivity index (χ4n) is 2.18. The molecule has 1 aromatic rings. The highest BCUT2D eigenvalue weighted by molar-refractivity contribution is 5.86. The molecule has 2 heterocycles. The molecule has 0 bridgehead atoms. The predicted molar refractivity (Wildman–Crippen MR) is 69.9 cm³/mol. The summed E-state index contributed by atoms with van der Waals surface area (Å²) in [5.74, 6) is -0.354. The van der Waals surface area contributed by atoms with E-state index < -0.39 is 0 Å². The number of rotatable bonds is 3. The van der Waals surface area contributed by atoms with Crippen molar-refractivity contribution < 1.29 is 9.53 Å². The lowest BCUT2D eigenvalue weighted by atomic mass is 10.1. The Morgan fingerprint density at radius 1 is 1.50 bits per heavy atom. The first-order valence-corrected chi connectivity index (χ1v) is 6.16. The first-order valence-electron chi connectivity index (χ1n) is 6.16. The Morgan fingerprint density at radius 2 is 2.33 bits per heavy atom. The minimum Gasteiger partial charge on any atom is -0.466 e. The molecule has 0 radical (unpaired) electrons. The minimum atomic E-state index is -0.354. The van der Waals surface area contributed by atoms with Gasteiger partial charge in [-0.1, -0.05) is 0 Å². The summed E-state index contributed by atoms with van der Waals surface area (Å²) in [5, 5.41) is 3.52. The van der Waals surface area contributed by atoms with E-state index >= 15 is 0 Å². The standard InChI is InChI=1S/C14H18N2O2/c1-10-3-5-13(16-10)12-7-11(8-15-9-12)4-6-14(17)18-2/h4,6-10,13,16H,3,5H2,1-2H3. The van der Waals surface area contributed by atoms with Crippen LogP contribution in [-0.4, -0.2) is 24.1 Å². The average Bonchev–Trinajstić information content (AvgIpc) is 2.83. The molecule has 18 heavy (non-hydrogen) atoms. The molecule has 1 aliphatic rings. The quantitative estimate of drug-likeness (QED) is 0.655. The lowest BCUT2D eigenvalue weighted by Gasteiger charge is -2.12. The normalized spacial score (nSPS) is 23.4. The molecule has 4 nitrogen and oxygen atoms in total. The van der Waals surface area contributed by atoms with Gasteiger partial charge >= 0.3 is 5.97 Å². The maximum atomic E-state index is 11.0. The fraction of sp³-hybridized carbons (Fsp3) is 0.429. The molecule has 1 saturated heterocycles. The zero-order chi connectivity index (χ0) is 13.0. The highest BCUT2D eigenvalue weighted by Crippen LogP contribution is 2.26.